The van der Waals surface area contributed by atoms with Crippen LogP contribution < -0.4 is 5.32 Å². The van der Waals surface area contributed by atoms with Crippen LogP contribution in [0.15, 0.2) is 18.2 Å². The Morgan fingerprint density at radius 1 is 1.44 bits per heavy atom. The first kappa shape index (κ1) is 14.2. The highest BCUT2D eigenvalue weighted by Gasteiger charge is 2.05. The Bertz CT molecular complexity index is 452. The Morgan fingerprint density at radius 3 is 2.83 bits per heavy atom. The number of unbranched alkanes of at least 4 members (excludes halogenated alkanes) is 2. The fraction of sp³-hybridized carbons (Fsp3) is 0.429. The van der Waals surface area contributed by atoms with Gasteiger partial charge in [-0.25, -0.2) is 4.39 Å². The van der Waals surface area contributed by atoms with E-state index in [0.29, 0.717) is 12.0 Å². The number of halogens is 1. The van der Waals surface area contributed by atoms with Crippen molar-refractivity contribution in [3.63, 3.8) is 0 Å². The molecular weight excluding hydrogens is 231 g/mol. The molecule has 96 valence electrons. The first-order valence-electron chi connectivity index (χ1n) is 6.12. The van der Waals surface area contributed by atoms with E-state index in [-0.39, 0.29) is 18.0 Å². The van der Waals surface area contributed by atoms with Gasteiger partial charge in [-0.1, -0.05) is 25.8 Å². The second-order valence-corrected chi connectivity index (χ2v) is 4.15. The van der Waals surface area contributed by atoms with Crippen LogP contribution in [-0.2, 0) is 11.3 Å². The van der Waals surface area contributed by atoms with E-state index in [1.807, 2.05) is 6.07 Å². The molecule has 0 aliphatic heterocycles. The lowest BCUT2D eigenvalue weighted by molar-refractivity contribution is -0.121. The van der Waals surface area contributed by atoms with Gasteiger partial charge in [-0.05, 0) is 18.6 Å². The van der Waals surface area contributed by atoms with Gasteiger partial charge in [0.1, 0.15) is 5.82 Å². The van der Waals surface area contributed by atoms with Gasteiger partial charge in [0.25, 0.3) is 0 Å². The fourth-order valence-electron chi connectivity index (χ4n) is 1.58. The summed E-state index contributed by atoms with van der Waals surface area (Å²) >= 11 is 0. The number of carbonyl (C=O) groups excluding carboxylic acids is 1. The van der Waals surface area contributed by atoms with Gasteiger partial charge in [0.05, 0.1) is 11.6 Å². The normalized spacial score (nSPS) is 9.83. The molecular formula is C14H17FN2O. The predicted octanol–water partition coefficient (Wildman–Crippen LogP) is 2.89. The van der Waals surface area contributed by atoms with Gasteiger partial charge in [-0.3, -0.25) is 4.79 Å². The number of rotatable bonds is 6. The molecule has 0 fully saturated rings. The van der Waals surface area contributed by atoms with Crippen LogP contribution in [0.5, 0.6) is 0 Å². The van der Waals surface area contributed by atoms with Gasteiger partial charge in [-0.15, -0.1) is 0 Å². The quantitative estimate of drug-likeness (QED) is 0.787. The summed E-state index contributed by atoms with van der Waals surface area (Å²) < 4.78 is 13.5. The highest BCUT2D eigenvalue weighted by atomic mass is 19.1. The fourth-order valence-corrected chi connectivity index (χ4v) is 1.58. The molecule has 0 unspecified atom stereocenters. The number of carbonyl (C=O) groups is 1. The minimum absolute atomic E-state index is 0.0628. The molecule has 0 saturated carbocycles. The molecule has 1 rings (SSSR count). The van der Waals surface area contributed by atoms with Gasteiger partial charge in [-0.2, -0.15) is 5.26 Å². The molecule has 18 heavy (non-hydrogen) atoms. The van der Waals surface area contributed by atoms with Crippen molar-refractivity contribution in [2.45, 2.75) is 39.2 Å². The number of nitriles is 1. The van der Waals surface area contributed by atoms with Crippen molar-refractivity contribution in [2.24, 2.45) is 0 Å². The van der Waals surface area contributed by atoms with Gasteiger partial charge in [0, 0.05) is 18.5 Å². The second kappa shape index (κ2) is 7.44. The van der Waals surface area contributed by atoms with Crippen LogP contribution >= 0.6 is 0 Å². The number of hydrogen-bond acceptors (Lipinski definition) is 2. The lowest BCUT2D eigenvalue weighted by Gasteiger charge is -2.06. The zero-order valence-electron chi connectivity index (χ0n) is 10.5. The van der Waals surface area contributed by atoms with E-state index in [1.165, 1.54) is 12.1 Å². The minimum atomic E-state index is -0.456. The summed E-state index contributed by atoms with van der Waals surface area (Å²) in [6, 6.07) is 6.12. The zero-order chi connectivity index (χ0) is 13.4. The highest BCUT2D eigenvalue weighted by molar-refractivity contribution is 5.75. The maximum atomic E-state index is 13.5. The molecule has 0 bridgehead atoms. The van der Waals surface area contributed by atoms with Crippen molar-refractivity contribution in [2.75, 3.05) is 0 Å². The number of nitrogens with zero attached hydrogens (tertiary/aromatic N) is 1. The van der Waals surface area contributed by atoms with Crippen LogP contribution in [0.1, 0.15) is 43.7 Å². The van der Waals surface area contributed by atoms with E-state index in [0.717, 1.165) is 19.3 Å². The second-order valence-electron chi connectivity index (χ2n) is 4.15. The molecule has 0 radical (unpaired) electrons. The average molecular weight is 248 g/mol. The van der Waals surface area contributed by atoms with Crippen molar-refractivity contribution in [1.29, 1.82) is 5.26 Å². The van der Waals surface area contributed by atoms with Gasteiger partial charge in [0.2, 0.25) is 5.91 Å². The van der Waals surface area contributed by atoms with Crippen molar-refractivity contribution < 1.29 is 9.18 Å². The summed E-state index contributed by atoms with van der Waals surface area (Å²) in [5, 5.41) is 11.3. The molecule has 1 aromatic rings. The Kier molecular flexibility index (Phi) is 5.86. The van der Waals surface area contributed by atoms with E-state index < -0.39 is 5.82 Å². The molecule has 4 heteroatoms. The zero-order valence-corrected chi connectivity index (χ0v) is 10.5. The Hall–Kier alpha value is -1.89. The molecule has 0 saturated heterocycles. The van der Waals surface area contributed by atoms with Gasteiger partial charge in [0.15, 0.2) is 0 Å². The number of amides is 1. The maximum Gasteiger partial charge on any atom is 0.220 e. The average Bonchev–Trinajstić information content (AvgIpc) is 2.37. The highest BCUT2D eigenvalue weighted by Crippen LogP contribution is 2.09. The molecule has 1 aromatic carbocycles. The van der Waals surface area contributed by atoms with Crippen LogP contribution in [0.2, 0.25) is 0 Å². The van der Waals surface area contributed by atoms with E-state index in [9.17, 15) is 9.18 Å². The Morgan fingerprint density at radius 2 is 2.22 bits per heavy atom. The first-order chi connectivity index (χ1) is 8.67. The smallest absolute Gasteiger partial charge is 0.220 e. The Labute approximate surface area is 107 Å². The molecule has 0 aliphatic carbocycles. The van der Waals surface area contributed by atoms with Gasteiger partial charge >= 0.3 is 0 Å². The van der Waals surface area contributed by atoms with Crippen molar-refractivity contribution in [3.05, 3.63) is 35.1 Å². The standard InChI is InChI=1S/C14H17FN2O/c1-2-3-4-5-14(18)17-10-12-7-6-11(9-16)8-13(12)15/h6-8H,2-5,10H2,1H3,(H,17,18). The minimum Gasteiger partial charge on any atom is -0.352 e. The van der Waals surface area contributed by atoms with Crippen molar-refractivity contribution >= 4 is 5.91 Å². The Balaban J connectivity index is 2.44. The lowest BCUT2D eigenvalue weighted by Crippen LogP contribution is -2.22. The van der Waals surface area contributed by atoms with Crippen molar-refractivity contribution in [3.8, 4) is 6.07 Å². The topological polar surface area (TPSA) is 52.9 Å². The molecule has 0 atom stereocenters. The summed E-state index contributed by atoms with van der Waals surface area (Å²) in [6.45, 7) is 2.24. The first-order valence-corrected chi connectivity index (χ1v) is 6.12. The monoisotopic (exact) mass is 248 g/mol. The van der Waals surface area contributed by atoms with Crippen LogP contribution in [0.25, 0.3) is 0 Å². The molecule has 3 nitrogen and oxygen atoms in total. The summed E-state index contributed by atoms with van der Waals surface area (Å²) in [7, 11) is 0. The molecule has 0 aromatic heterocycles. The van der Waals surface area contributed by atoms with Crippen LogP contribution in [-0.4, -0.2) is 5.91 Å². The van der Waals surface area contributed by atoms with E-state index >= 15 is 0 Å². The van der Waals surface area contributed by atoms with Crippen molar-refractivity contribution in [1.82, 2.24) is 5.32 Å². The summed E-state index contributed by atoms with van der Waals surface area (Å²) in [6.07, 6.45) is 3.43. The third kappa shape index (κ3) is 4.54. The predicted molar refractivity (Wildman–Crippen MR) is 67.1 cm³/mol. The SMILES string of the molecule is CCCCCC(=O)NCc1ccc(C#N)cc1F. The summed E-state index contributed by atoms with van der Waals surface area (Å²) in [4.78, 5) is 11.4. The largest absolute Gasteiger partial charge is 0.352 e. The number of benzene rings is 1. The third-order valence-corrected chi connectivity index (χ3v) is 2.67. The lowest BCUT2D eigenvalue weighted by atomic mass is 10.1. The number of hydrogen-bond donors (Lipinski definition) is 1. The molecule has 0 heterocycles. The summed E-state index contributed by atoms with van der Waals surface area (Å²) in [5.41, 5.74) is 0.684. The van der Waals surface area contributed by atoms with Crippen LogP contribution in [0.3, 0.4) is 0 Å². The molecule has 1 N–H and O–H groups in total. The third-order valence-electron chi connectivity index (χ3n) is 2.67. The molecule has 0 aliphatic rings. The molecule has 1 amide bonds. The van der Waals surface area contributed by atoms with E-state index in [4.69, 9.17) is 5.26 Å². The summed E-state index contributed by atoms with van der Waals surface area (Å²) in [5.74, 6) is -0.518. The van der Waals surface area contributed by atoms with E-state index in [2.05, 4.69) is 12.2 Å². The van der Waals surface area contributed by atoms with Crippen LogP contribution in [0.4, 0.5) is 4.39 Å². The maximum absolute atomic E-state index is 13.5. The van der Waals surface area contributed by atoms with E-state index in [1.54, 1.807) is 6.07 Å². The van der Waals surface area contributed by atoms with Crippen LogP contribution in [0, 0.1) is 17.1 Å². The number of nitrogens with one attached hydrogen (secondary N) is 1. The molecule has 0 spiro atoms. The van der Waals surface area contributed by atoms with Gasteiger partial charge < -0.3 is 5.32 Å².